The van der Waals surface area contributed by atoms with Crippen LogP contribution in [0.1, 0.15) is 86.1 Å². The number of hydrogen-bond acceptors (Lipinski definition) is 3. The minimum absolute atomic E-state index is 0.0313. The topological polar surface area (TPSA) is 27.7 Å². The highest BCUT2D eigenvalue weighted by molar-refractivity contribution is 7.43. The van der Waals surface area contributed by atoms with E-state index in [0.29, 0.717) is 11.5 Å². The van der Waals surface area contributed by atoms with Gasteiger partial charge in [0.1, 0.15) is 11.5 Å². The monoisotopic (exact) mass is 670 g/mol. The van der Waals surface area contributed by atoms with Crippen molar-refractivity contribution in [1.29, 1.82) is 0 Å². The van der Waals surface area contributed by atoms with E-state index in [0.717, 1.165) is 16.4 Å². The van der Waals surface area contributed by atoms with Crippen molar-refractivity contribution in [1.82, 2.24) is 0 Å². The van der Waals surface area contributed by atoms with E-state index in [1.807, 2.05) is 24.3 Å². The Morgan fingerprint density at radius 2 is 0.898 bits per heavy atom. The average molecular weight is 671 g/mol. The lowest BCUT2D eigenvalue weighted by Gasteiger charge is -2.27. The maximum absolute atomic E-state index is 6.51. The minimum Gasteiger partial charge on any atom is -0.501 e. The van der Waals surface area contributed by atoms with Crippen molar-refractivity contribution < 1.29 is 13.7 Å². The Bertz CT molecular complexity index is 1780. The van der Waals surface area contributed by atoms with E-state index in [-0.39, 0.29) is 19.6 Å². The molecule has 0 bridgehead atoms. The van der Waals surface area contributed by atoms with Gasteiger partial charge in [0.05, 0.1) is 0 Å². The molecule has 1 unspecified atom stereocenters. The second-order valence-electron chi connectivity index (χ2n) is 15.6. The van der Waals surface area contributed by atoms with Crippen molar-refractivity contribution in [3.63, 3.8) is 0 Å². The van der Waals surface area contributed by atoms with E-state index in [4.69, 9.17) is 13.7 Å². The van der Waals surface area contributed by atoms with Crippen molar-refractivity contribution in [2.75, 3.05) is 0 Å². The maximum Gasteiger partial charge on any atom is 0.791 e. The van der Waals surface area contributed by atoms with Gasteiger partial charge in [0.15, 0.2) is 0 Å². The van der Waals surface area contributed by atoms with Crippen LogP contribution in [0.25, 0.3) is 22.3 Å². The Morgan fingerprint density at radius 3 is 1.27 bits per heavy atom. The number of hydrogen-bond donors (Lipinski definition) is 0. The molecule has 0 aliphatic heterocycles. The second kappa shape index (κ2) is 14.6. The van der Waals surface area contributed by atoms with Crippen LogP contribution >= 0.6 is 8.81 Å². The van der Waals surface area contributed by atoms with E-state index in [1.54, 1.807) is 0 Å². The van der Waals surface area contributed by atoms with Gasteiger partial charge in [-0.05, 0) is 132 Å². The minimum atomic E-state index is -0.948. The van der Waals surface area contributed by atoms with E-state index >= 15 is 0 Å². The molecule has 0 radical (unpaired) electrons. The van der Waals surface area contributed by atoms with Crippen molar-refractivity contribution >= 4 is 21.4 Å². The standard InChI is InChI=1S/C44H52BO3P/c1-28-23-30(3)41(31(4)24-28)34-13-18-37(19-14-34)46-45(48-49-40-22-17-36(43(7,8)9)27-39(40)44(10,11)12)47-38-20-15-35(16-21-38)42-32(5)25-29(2)26-33(42)6/h13-27,49H,1-12H3. The molecule has 0 aromatic heterocycles. The molecule has 49 heavy (non-hydrogen) atoms. The molecule has 1 atom stereocenters. The van der Waals surface area contributed by atoms with Crippen LogP contribution < -0.4 is 14.6 Å². The first-order valence-corrected chi connectivity index (χ1v) is 18.2. The molecule has 254 valence electrons. The molecule has 3 nitrogen and oxygen atoms in total. The summed E-state index contributed by atoms with van der Waals surface area (Å²) in [5.41, 5.74) is 15.1. The Morgan fingerprint density at radius 1 is 0.490 bits per heavy atom. The summed E-state index contributed by atoms with van der Waals surface area (Å²) in [7, 11) is -0.917. The first-order valence-electron chi connectivity index (χ1n) is 17.3. The fraction of sp³-hybridized carbons (Fsp3) is 0.318. The molecule has 0 N–H and O–H groups in total. The van der Waals surface area contributed by atoms with Crippen molar-refractivity contribution in [2.24, 2.45) is 0 Å². The predicted octanol–water partition coefficient (Wildman–Crippen LogP) is 11.8. The Balaban J connectivity index is 1.43. The highest BCUT2D eigenvalue weighted by atomic mass is 31.1. The lowest BCUT2D eigenvalue weighted by atomic mass is 9.81. The largest absolute Gasteiger partial charge is 0.791 e. The number of aryl methyl sites for hydroxylation is 6. The van der Waals surface area contributed by atoms with Gasteiger partial charge in [0, 0.05) is 14.1 Å². The molecule has 0 amide bonds. The summed E-state index contributed by atoms with van der Waals surface area (Å²) in [6.07, 6.45) is 0. The van der Waals surface area contributed by atoms with E-state index < -0.39 is 7.32 Å². The van der Waals surface area contributed by atoms with Crippen LogP contribution in [0, 0.1) is 41.5 Å². The fourth-order valence-corrected chi connectivity index (χ4v) is 7.83. The fourth-order valence-electron chi connectivity index (χ4n) is 6.80. The zero-order chi connectivity index (χ0) is 35.7. The molecule has 0 saturated carbocycles. The molecule has 0 saturated heterocycles. The van der Waals surface area contributed by atoms with Gasteiger partial charge in [-0.2, -0.15) is 0 Å². The van der Waals surface area contributed by atoms with Crippen LogP contribution in [0.3, 0.4) is 0 Å². The molecule has 5 rings (SSSR count). The van der Waals surface area contributed by atoms with Gasteiger partial charge in [0.25, 0.3) is 0 Å². The Labute approximate surface area is 297 Å². The van der Waals surface area contributed by atoms with Crippen LogP contribution in [0.4, 0.5) is 0 Å². The summed E-state index contributed by atoms with van der Waals surface area (Å²) < 4.78 is 19.4. The van der Waals surface area contributed by atoms with Gasteiger partial charge in [-0.3, -0.25) is 0 Å². The number of benzene rings is 5. The smallest absolute Gasteiger partial charge is 0.501 e. The SMILES string of the molecule is Cc1cc(C)c(-c2ccc(OB(OPc3ccc(C(C)(C)C)cc3C(C)(C)C)Oc3ccc(-c4c(C)cc(C)cc4C)cc3)cc2)c(C)c1. The van der Waals surface area contributed by atoms with Gasteiger partial charge in [0.2, 0.25) is 0 Å². The quantitative estimate of drug-likeness (QED) is 0.115. The first-order chi connectivity index (χ1) is 23.0. The molecule has 0 aliphatic carbocycles. The molecular weight excluding hydrogens is 618 g/mol. The summed E-state index contributed by atoms with van der Waals surface area (Å²) in [4.78, 5) is 0. The number of rotatable bonds is 9. The maximum atomic E-state index is 6.51. The summed E-state index contributed by atoms with van der Waals surface area (Å²) in [5.74, 6) is 1.37. The molecule has 0 spiro atoms. The predicted molar refractivity (Wildman–Crippen MR) is 212 cm³/mol. The van der Waals surface area contributed by atoms with Crippen molar-refractivity contribution in [2.45, 2.75) is 93.9 Å². The van der Waals surface area contributed by atoms with Gasteiger partial charge in [-0.1, -0.05) is 119 Å². The van der Waals surface area contributed by atoms with Crippen molar-refractivity contribution in [3.8, 4) is 33.8 Å². The van der Waals surface area contributed by atoms with Crippen LogP contribution in [0.15, 0.2) is 91.0 Å². The van der Waals surface area contributed by atoms with Crippen LogP contribution in [-0.2, 0) is 15.3 Å². The molecule has 0 aliphatic rings. The molecule has 0 heterocycles. The zero-order valence-electron chi connectivity index (χ0n) is 31.5. The second-order valence-corrected chi connectivity index (χ2v) is 16.6. The molecular formula is C44H52BO3P. The third kappa shape index (κ3) is 8.85. The van der Waals surface area contributed by atoms with Gasteiger partial charge >= 0.3 is 7.32 Å². The zero-order valence-corrected chi connectivity index (χ0v) is 32.5. The van der Waals surface area contributed by atoms with E-state index in [9.17, 15) is 0 Å². The Kier molecular flexibility index (Phi) is 10.8. The average Bonchev–Trinajstić information content (AvgIpc) is 2.99. The third-order valence-corrected chi connectivity index (χ3v) is 10.0. The highest BCUT2D eigenvalue weighted by Gasteiger charge is 2.30. The summed E-state index contributed by atoms with van der Waals surface area (Å²) >= 11 is 0. The summed E-state index contributed by atoms with van der Waals surface area (Å²) in [6, 6.07) is 32.2. The summed E-state index contributed by atoms with van der Waals surface area (Å²) in [6.45, 7) is 26.5. The van der Waals surface area contributed by atoms with Crippen molar-refractivity contribution in [3.05, 3.63) is 136 Å². The lowest BCUT2D eigenvalue weighted by Crippen LogP contribution is -2.32. The molecule has 5 heteroatoms. The van der Waals surface area contributed by atoms with Crippen LogP contribution in [0.2, 0.25) is 0 Å². The van der Waals surface area contributed by atoms with Gasteiger partial charge in [-0.15, -0.1) is 0 Å². The molecule has 0 fully saturated rings. The highest BCUT2D eigenvalue weighted by Crippen LogP contribution is 2.34. The summed E-state index contributed by atoms with van der Waals surface area (Å²) in [5, 5.41) is 1.15. The molecule has 5 aromatic carbocycles. The van der Waals surface area contributed by atoms with E-state index in [2.05, 4.69) is 150 Å². The third-order valence-electron chi connectivity index (χ3n) is 9.06. The Hall–Kier alpha value is -3.85. The lowest BCUT2D eigenvalue weighted by molar-refractivity contribution is 0.325. The van der Waals surface area contributed by atoms with Crippen LogP contribution in [-0.4, -0.2) is 7.32 Å². The molecule has 5 aromatic rings. The van der Waals surface area contributed by atoms with Crippen LogP contribution in [0.5, 0.6) is 11.5 Å². The van der Waals surface area contributed by atoms with Gasteiger partial charge in [-0.25, -0.2) is 0 Å². The first kappa shape index (κ1) is 36.4. The van der Waals surface area contributed by atoms with E-state index in [1.165, 1.54) is 55.6 Å². The van der Waals surface area contributed by atoms with Gasteiger partial charge < -0.3 is 13.7 Å². The normalized spacial score (nSPS) is 12.1.